The quantitative estimate of drug-likeness (QED) is 0.0479. The van der Waals surface area contributed by atoms with Gasteiger partial charge in [-0.1, -0.05) is 173 Å². The lowest BCUT2D eigenvalue weighted by molar-refractivity contribution is -0.151. The Morgan fingerprint density at radius 2 is 0.976 bits per heavy atom. The van der Waals surface area contributed by atoms with Crippen LogP contribution in [0.4, 0.5) is 0 Å². The van der Waals surface area contributed by atoms with Crippen LogP contribution < -0.4 is 0 Å². The molecule has 4 nitrogen and oxygen atoms in total. The number of carbonyl (C=O) groups is 2. The van der Waals surface area contributed by atoms with Gasteiger partial charge >= 0.3 is 11.9 Å². The van der Waals surface area contributed by atoms with Gasteiger partial charge in [-0.15, -0.1) is 0 Å². The average molecular weight is 577 g/mol. The maximum absolute atomic E-state index is 11.6. The number of carboxylic acid groups (broad SMARTS) is 1. The summed E-state index contributed by atoms with van der Waals surface area (Å²) in [7, 11) is 0. The summed E-state index contributed by atoms with van der Waals surface area (Å²) in [5.74, 6) is -2.01. The Labute approximate surface area is 255 Å². The molecule has 1 unspecified atom stereocenters. The van der Waals surface area contributed by atoms with Gasteiger partial charge in [-0.3, -0.25) is 9.59 Å². The van der Waals surface area contributed by atoms with E-state index < -0.39 is 17.9 Å². The van der Waals surface area contributed by atoms with E-state index >= 15 is 0 Å². The third-order valence-corrected chi connectivity index (χ3v) is 8.19. The molecule has 0 fully saturated rings. The molecule has 0 aliphatic rings. The molecule has 0 aliphatic heterocycles. The van der Waals surface area contributed by atoms with Crippen LogP contribution in [0.2, 0.25) is 0 Å². The first kappa shape index (κ1) is 39.4. The van der Waals surface area contributed by atoms with E-state index in [2.05, 4.69) is 25.7 Å². The molecule has 0 radical (unpaired) electrons. The Bertz CT molecular complexity index is 612. The van der Waals surface area contributed by atoms with Crippen molar-refractivity contribution in [1.29, 1.82) is 0 Å². The number of ether oxygens (including phenoxy) is 1. The molecular weight excluding hydrogens is 508 g/mol. The molecular formula is C37H68O4. The van der Waals surface area contributed by atoms with Gasteiger partial charge in [0, 0.05) is 0 Å². The van der Waals surface area contributed by atoms with Gasteiger partial charge in [0.05, 0.1) is 12.3 Å². The average Bonchev–Trinajstić information content (AvgIpc) is 2.96. The monoisotopic (exact) mass is 577 g/mol. The minimum atomic E-state index is -0.909. The summed E-state index contributed by atoms with van der Waals surface area (Å²) >= 11 is 0. The smallest absolute Gasteiger partial charge is 0.307 e. The molecule has 0 saturated heterocycles. The molecule has 240 valence electrons. The highest BCUT2D eigenvalue weighted by Gasteiger charge is 2.21. The van der Waals surface area contributed by atoms with E-state index in [0.717, 1.165) is 32.1 Å². The molecule has 0 spiro atoms. The molecule has 41 heavy (non-hydrogen) atoms. The molecule has 0 aromatic heterocycles. The first-order valence-corrected chi connectivity index (χ1v) is 17.8. The summed E-state index contributed by atoms with van der Waals surface area (Å²) in [5, 5.41) is 9.31. The van der Waals surface area contributed by atoms with E-state index in [1.54, 1.807) is 0 Å². The maximum Gasteiger partial charge on any atom is 0.307 e. The fraction of sp³-hybridized carbons (Fsp3) is 0.838. The normalized spacial score (nSPS) is 12.1. The fourth-order valence-electron chi connectivity index (χ4n) is 5.48. The fourth-order valence-corrected chi connectivity index (χ4v) is 5.48. The highest BCUT2D eigenvalue weighted by atomic mass is 16.5. The minimum Gasteiger partial charge on any atom is -0.481 e. The second-order valence-corrected chi connectivity index (χ2v) is 12.2. The van der Waals surface area contributed by atoms with Gasteiger partial charge in [0.2, 0.25) is 0 Å². The van der Waals surface area contributed by atoms with Crippen molar-refractivity contribution in [3.05, 3.63) is 24.8 Å². The highest BCUT2D eigenvalue weighted by Crippen LogP contribution is 2.17. The third-order valence-electron chi connectivity index (χ3n) is 8.19. The van der Waals surface area contributed by atoms with Gasteiger partial charge in [-0.25, -0.2) is 0 Å². The van der Waals surface area contributed by atoms with E-state index in [1.165, 1.54) is 141 Å². The highest BCUT2D eigenvalue weighted by molar-refractivity contribution is 5.78. The first-order chi connectivity index (χ1) is 20.1. The zero-order valence-electron chi connectivity index (χ0n) is 27.2. The lowest BCUT2D eigenvalue weighted by Gasteiger charge is -2.11. The molecule has 0 heterocycles. The summed E-state index contributed by atoms with van der Waals surface area (Å²) in [6, 6.07) is 0. The maximum atomic E-state index is 11.6. The molecule has 0 aromatic rings. The van der Waals surface area contributed by atoms with E-state index in [1.807, 2.05) is 0 Å². The van der Waals surface area contributed by atoms with Crippen molar-refractivity contribution in [2.24, 2.45) is 5.92 Å². The van der Waals surface area contributed by atoms with Crippen molar-refractivity contribution >= 4 is 11.9 Å². The number of carboxylic acids is 1. The van der Waals surface area contributed by atoms with Crippen molar-refractivity contribution in [2.75, 3.05) is 6.61 Å². The van der Waals surface area contributed by atoms with Gasteiger partial charge in [-0.05, 0) is 32.1 Å². The topological polar surface area (TPSA) is 63.6 Å². The van der Waals surface area contributed by atoms with Gasteiger partial charge in [0.1, 0.15) is 6.61 Å². The molecule has 1 atom stereocenters. The van der Waals surface area contributed by atoms with E-state index in [-0.39, 0.29) is 13.0 Å². The third kappa shape index (κ3) is 31.2. The van der Waals surface area contributed by atoms with Crippen LogP contribution in [0.5, 0.6) is 0 Å². The number of unbranched alkanes of at least 4 members (excludes halogenated alkanes) is 24. The zero-order valence-corrected chi connectivity index (χ0v) is 27.2. The first-order valence-electron chi connectivity index (χ1n) is 17.8. The number of allylic oxidation sites excluding steroid dienone is 2. The van der Waals surface area contributed by atoms with Gasteiger partial charge in [-0.2, -0.15) is 0 Å². The molecule has 0 amide bonds. The standard InChI is InChI=1S/C37H68O4/c1-3-5-6-7-8-9-10-11-12-13-14-15-16-17-18-19-20-21-22-23-24-25-26-27-28-29-30-31-32-35(37(39)40)34-36(38)41-33-4-2/h4,25-26,35H,2-3,5-24,27-34H2,1H3,(H,39,40)/b26-25+. The Morgan fingerprint density at radius 1 is 0.610 bits per heavy atom. The number of hydrogen-bond acceptors (Lipinski definition) is 3. The molecule has 0 bridgehead atoms. The summed E-state index contributed by atoms with van der Waals surface area (Å²) < 4.78 is 4.91. The summed E-state index contributed by atoms with van der Waals surface area (Å²) in [4.78, 5) is 23.0. The lowest BCUT2D eigenvalue weighted by Crippen LogP contribution is -2.19. The second kappa shape index (κ2) is 32.9. The van der Waals surface area contributed by atoms with Crippen LogP contribution in [0.15, 0.2) is 24.8 Å². The molecule has 0 aliphatic carbocycles. The summed E-state index contributed by atoms with van der Waals surface area (Å²) in [6.45, 7) is 5.92. The Hall–Kier alpha value is -1.58. The van der Waals surface area contributed by atoms with E-state index in [9.17, 15) is 14.7 Å². The number of aliphatic carboxylic acids is 1. The largest absolute Gasteiger partial charge is 0.481 e. The predicted molar refractivity (Wildman–Crippen MR) is 176 cm³/mol. The lowest BCUT2D eigenvalue weighted by atomic mass is 9.97. The van der Waals surface area contributed by atoms with Gasteiger partial charge in [0.25, 0.3) is 0 Å². The van der Waals surface area contributed by atoms with Crippen LogP contribution in [-0.4, -0.2) is 23.7 Å². The SMILES string of the molecule is C=CCOC(=O)CC(CCCCCC/C=C/CCCCCCCCCCCCCCCCCCCCCC)C(=O)O. The van der Waals surface area contributed by atoms with Crippen LogP contribution in [0.25, 0.3) is 0 Å². The van der Waals surface area contributed by atoms with Crippen LogP contribution >= 0.6 is 0 Å². The Balaban J connectivity index is 3.32. The van der Waals surface area contributed by atoms with Crippen molar-refractivity contribution in [3.8, 4) is 0 Å². The molecule has 4 heteroatoms. The molecule has 0 saturated carbocycles. The van der Waals surface area contributed by atoms with Gasteiger partial charge < -0.3 is 9.84 Å². The number of carbonyl (C=O) groups excluding carboxylic acids is 1. The van der Waals surface area contributed by atoms with Crippen molar-refractivity contribution in [2.45, 2.75) is 187 Å². The van der Waals surface area contributed by atoms with Crippen molar-refractivity contribution in [1.82, 2.24) is 0 Å². The van der Waals surface area contributed by atoms with Crippen LogP contribution in [-0.2, 0) is 14.3 Å². The number of esters is 1. The minimum absolute atomic E-state index is 0.0502. The van der Waals surface area contributed by atoms with Gasteiger partial charge in [0.15, 0.2) is 0 Å². The summed E-state index contributed by atoms with van der Waals surface area (Å²) in [6.07, 6.45) is 41.5. The molecule has 1 N–H and O–H groups in total. The van der Waals surface area contributed by atoms with Crippen LogP contribution in [0.3, 0.4) is 0 Å². The van der Waals surface area contributed by atoms with Crippen LogP contribution in [0, 0.1) is 5.92 Å². The van der Waals surface area contributed by atoms with E-state index in [4.69, 9.17) is 4.74 Å². The van der Waals surface area contributed by atoms with Crippen LogP contribution in [0.1, 0.15) is 187 Å². The Kier molecular flexibility index (Phi) is 31.7. The zero-order chi connectivity index (χ0) is 30.1. The number of hydrogen-bond donors (Lipinski definition) is 1. The molecule has 0 rings (SSSR count). The predicted octanol–water partition coefficient (Wildman–Crippen LogP) is 11.9. The van der Waals surface area contributed by atoms with E-state index in [0.29, 0.717) is 6.42 Å². The Morgan fingerprint density at radius 3 is 1.34 bits per heavy atom. The summed E-state index contributed by atoms with van der Waals surface area (Å²) in [5.41, 5.74) is 0. The van der Waals surface area contributed by atoms with Crippen molar-refractivity contribution in [3.63, 3.8) is 0 Å². The molecule has 0 aromatic carbocycles. The second-order valence-electron chi connectivity index (χ2n) is 12.2. The van der Waals surface area contributed by atoms with Crippen molar-refractivity contribution < 1.29 is 19.4 Å². The number of rotatable bonds is 33.